The highest BCUT2D eigenvalue weighted by molar-refractivity contribution is 5.94. The van der Waals surface area contributed by atoms with Crippen LogP contribution < -0.4 is 4.90 Å². The fourth-order valence-corrected chi connectivity index (χ4v) is 2.36. The molecule has 20 heavy (non-hydrogen) atoms. The molecule has 1 aliphatic heterocycles. The van der Waals surface area contributed by atoms with Gasteiger partial charge in [0.05, 0.1) is 6.20 Å². The topological polar surface area (TPSA) is 49.3 Å². The number of rotatable bonds is 2. The minimum atomic E-state index is 0.101. The summed E-state index contributed by atoms with van der Waals surface area (Å²) < 4.78 is 0. The van der Waals surface area contributed by atoms with Crippen LogP contribution in [0.1, 0.15) is 10.4 Å². The van der Waals surface area contributed by atoms with Gasteiger partial charge in [0.2, 0.25) is 0 Å². The molecule has 1 fully saturated rings. The fraction of sp³-hybridized carbons (Fsp3) is 0.267. The zero-order valence-corrected chi connectivity index (χ0v) is 11.1. The highest BCUT2D eigenvalue weighted by atomic mass is 16.2. The van der Waals surface area contributed by atoms with Gasteiger partial charge < -0.3 is 9.80 Å². The molecule has 0 unspecified atom stereocenters. The molecule has 3 rings (SSSR count). The highest BCUT2D eigenvalue weighted by Crippen LogP contribution is 2.13. The number of hydrogen-bond acceptors (Lipinski definition) is 4. The maximum atomic E-state index is 12.3. The molecule has 2 aromatic rings. The largest absolute Gasteiger partial charge is 0.352 e. The number of piperazine rings is 1. The SMILES string of the molecule is O=C(c1ccccc1)N1CCN(c2cnccn2)CC1. The lowest BCUT2D eigenvalue weighted by Crippen LogP contribution is -2.49. The predicted molar refractivity (Wildman–Crippen MR) is 76.6 cm³/mol. The van der Waals surface area contributed by atoms with Crippen molar-refractivity contribution in [2.24, 2.45) is 0 Å². The first-order valence-electron chi connectivity index (χ1n) is 6.70. The van der Waals surface area contributed by atoms with Gasteiger partial charge in [-0.05, 0) is 12.1 Å². The Kier molecular flexibility index (Phi) is 3.58. The molecule has 1 aromatic carbocycles. The number of aromatic nitrogens is 2. The minimum Gasteiger partial charge on any atom is -0.352 e. The maximum absolute atomic E-state index is 12.3. The number of carbonyl (C=O) groups is 1. The minimum absolute atomic E-state index is 0.101. The van der Waals surface area contributed by atoms with Crippen molar-refractivity contribution < 1.29 is 4.79 Å². The van der Waals surface area contributed by atoms with Crippen LogP contribution in [0.4, 0.5) is 5.82 Å². The van der Waals surface area contributed by atoms with Gasteiger partial charge in [0.25, 0.3) is 5.91 Å². The van der Waals surface area contributed by atoms with Crippen molar-refractivity contribution in [3.63, 3.8) is 0 Å². The van der Waals surface area contributed by atoms with Gasteiger partial charge in [0.15, 0.2) is 0 Å². The third kappa shape index (κ3) is 2.61. The van der Waals surface area contributed by atoms with Crippen molar-refractivity contribution in [1.29, 1.82) is 0 Å². The van der Waals surface area contributed by atoms with E-state index in [2.05, 4.69) is 14.9 Å². The normalized spacial score (nSPS) is 15.2. The van der Waals surface area contributed by atoms with Crippen LogP contribution in [0.3, 0.4) is 0 Å². The Hall–Kier alpha value is -2.43. The van der Waals surface area contributed by atoms with Crippen molar-refractivity contribution in [1.82, 2.24) is 14.9 Å². The van der Waals surface area contributed by atoms with E-state index < -0.39 is 0 Å². The zero-order chi connectivity index (χ0) is 13.8. The molecule has 1 saturated heterocycles. The Balaban J connectivity index is 1.63. The summed E-state index contributed by atoms with van der Waals surface area (Å²) in [6, 6.07) is 9.42. The van der Waals surface area contributed by atoms with Gasteiger partial charge in [-0.3, -0.25) is 9.78 Å². The van der Waals surface area contributed by atoms with Crippen LogP contribution in [-0.4, -0.2) is 47.0 Å². The van der Waals surface area contributed by atoms with Crippen LogP contribution in [0.15, 0.2) is 48.9 Å². The van der Waals surface area contributed by atoms with Gasteiger partial charge in [-0.1, -0.05) is 18.2 Å². The summed E-state index contributed by atoms with van der Waals surface area (Å²) in [6.45, 7) is 3.00. The molecule has 0 spiro atoms. The number of hydrogen-bond donors (Lipinski definition) is 0. The van der Waals surface area contributed by atoms with E-state index in [0.717, 1.165) is 24.5 Å². The Morgan fingerprint density at radius 2 is 1.75 bits per heavy atom. The summed E-state index contributed by atoms with van der Waals surface area (Å²) in [4.78, 5) is 24.7. The summed E-state index contributed by atoms with van der Waals surface area (Å²) in [5.74, 6) is 0.976. The Bertz CT molecular complexity index is 565. The fourth-order valence-electron chi connectivity index (χ4n) is 2.36. The number of anilines is 1. The summed E-state index contributed by atoms with van der Waals surface area (Å²) in [6.07, 6.45) is 5.12. The molecule has 102 valence electrons. The van der Waals surface area contributed by atoms with Gasteiger partial charge in [0.1, 0.15) is 5.82 Å². The van der Waals surface area contributed by atoms with Crippen LogP contribution in [0.2, 0.25) is 0 Å². The third-order valence-corrected chi connectivity index (χ3v) is 3.46. The summed E-state index contributed by atoms with van der Waals surface area (Å²) >= 11 is 0. The molecule has 0 saturated carbocycles. The average molecular weight is 268 g/mol. The standard InChI is InChI=1S/C15H16N4O/c20-15(13-4-2-1-3-5-13)19-10-8-18(9-11-19)14-12-16-6-7-17-14/h1-7,12H,8-11H2. The molecule has 5 nitrogen and oxygen atoms in total. The molecule has 0 aliphatic carbocycles. The lowest BCUT2D eigenvalue weighted by atomic mass is 10.2. The summed E-state index contributed by atoms with van der Waals surface area (Å²) in [7, 11) is 0. The van der Waals surface area contributed by atoms with Gasteiger partial charge in [-0.2, -0.15) is 0 Å². The Labute approximate surface area is 117 Å². The highest BCUT2D eigenvalue weighted by Gasteiger charge is 2.22. The first kappa shape index (κ1) is 12.6. The second-order valence-electron chi connectivity index (χ2n) is 4.71. The van der Waals surface area contributed by atoms with E-state index in [9.17, 15) is 4.79 Å². The van der Waals surface area contributed by atoms with E-state index in [1.54, 1.807) is 18.6 Å². The van der Waals surface area contributed by atoms with Crippen LogP contribution >= 0.6 is 0 Å². The molecular formula is C15H16N4O. The molecule has 1 amide bonds. The van der Waals surface area contributed by atoms with Crippen molar-refractivity contribution in [2.45, 2.75) is 0 Å². The summed E-state index contributed by atoms with van der Waals surface area (Å²) in [5.41, 5.74) is 0.750. The van der Waals surface area contributed by atoms with Crippen LogP contribution in [-0.2, 0) is 0 Å². The molecule has 1 aliphatic rings. The van der Waals surface area contributed by atoms with E-state index in [0.29, 0.717) is 13.1 Å². The Morgan fingerprint density at radius 3 is 2.40 bits per heavy atom. The van der Waals surface area contributed by atoms with E-state index in [4.69, 9.17) is 0 Å². The molecule has 5 heteroatoms. The smallest absolute Gasteiger partial charge is 0.253 e. The van der Waals surface area contributed by atoms with Gasteiger partial charge >= 0.3 is 0 Å². The van der Waals surface area contributed by atoms with Crippen LogP contribution in [0.25, 0.3) is 0 Å². The second-order valence-corrected chi connectivity index (χ2v) is 4.71. The predicted octanol–water partition coefficient (Wildman–Crippen LogP) is 1.44. The first-order chi connectivity index (χ1) is 9.84. The lowest BCUT2D eigenvalue weighted by molar-refractivity contribution is 0.0746. The van der Waals surface area contributed by atoms with E-state index in [1.807, 2.05) is 35.2 Å². The summed E-state index contributed by atoms with van der Waals surface area (Å²) in [5, 5.41) is 0. The van der Waals surface area contributed by atoms with Crippen molar-refractivity contribution >= 4 is 11.7 Å². The van der Waals surface area contributed by atoms with E-state index in [1.165, 1.54) is 0 Å². The lowest BCUT2D eigenvalue weighted by Gasteiger charge is -2.35. The van der Waals surface area contributed by atoms with E-state index in [-0.39, 0.29) is 5.91 Å². The number of benzene rings is 1. The monoisotopic (exact) mass is 268 g/mol. The van der Waals surface area contributed by atoms with Crippen LogP contribution in [0.5, 0.6) is 0 Å². The molecular weight excluding hydrogens is 252 g/mol. The van der Waals surface area contributed by atoms with Gasteiger partial charge in [0, 0.05) is 44.1 Å². The molecule has 1 aromatic heterocycles. The van der Waals surface area contributed by atoms with Crippen LogP contribution in [0, 0.1) is 0 Å². The first-order valence-corrected chi connectivity index (χ1v) is 6.70. The number of amides is 1. The number of nitrogens with zero attached hydrogens (tertiary/aromatic N) is 4. The van der Waals surface area contributed by atoms with Gasteiger partial charge in [-0.15, -0.1) is 0 Å². The van der Waals surface area contributed by atoms with Crippen molar-refractivity contribution in [3.8, 4) is 0 Å². The molecule has 0 N–H and O–H groups in total. The molecule has 0 atom stereocenters. The molecule has 0 bridgehead atoms. The Morgan fingerprint density at radius 1 is 1.00 bits per heavy atom. The van der Waals surface area contributed by atoms with Gasteiger partial charge in [-0.25, -0.2) is 4.98 Å². The molecule has 0 radical (unpaired) electrons. The van der Waals surface area contributed by atoms with E-state index >= 15 is 0 Å². The zero-order valence-electron chi connectivity index (χ0n) is 11.1. The third-order valence-electron chi connectivity index (χ3n) is 3.46. The quantitative estimate of drug-likeness (QED) is 0.827. The number of carbonyl (C=O) groups excluding carboxylic acids is 1. The van der Waals surface area contributed by atoms with Crippen molar-refractivity contribution in [2.75, 3.05) is 31.1 Å². The van der Waals surface area contributed by atoms with Crippen molar-refractivity contribution in [3.05, 3.63) is 54.5 Å². The maximum Gasteiger partial charge on any atom is 0.253 e. The molecule has 2 heterocycles. The second kappa shape index (κ2) is 5.69. The average Bonchev–Trinajstić information content (AvgIpc) is 2.56.